The molecule has 0 bridgehead atoms. The summed E-state index contributed by atoms with van der Waals surface area (Å²) >= 11 is 0. The van der Waals surface area contributed by atoms with E-state index in [1.54, 1.807) is 12.1 Å². The number of fused-ring (bicyclic) bond motifs is 1. The van der Waals surface area contributed by atoms with Crippen LogP contribution in [0.5, 0.6) is 0 Å². The molecule has 0 saturated carbocycles. The van der Waals surface area contributed by atoms with Crippen LogP contribution in [0.15, 0.2) is 42.5 Å². The van der Waals surface area contributed by atoms with Gasteiger partial charge in [0.2, 0.25) is 5.91 Å². The van der Waals surface area contributed by atoms with Crippen molar-refractivity contribution in [3.8, 4) is 0 Å². The maximum Gasteiger partial charge on any atom is 0.269 e. The van der Waals surface area contributed by atoms with Gasteiger partial charge in [-0.3, -0.25) is 20.4 Å². The minimum absolute atomic E-state index is 0.0407. The zero-order chi connectivity index (χ0) is 17.2. The van der Waals surface area contributed by atoms with E-state index in [-0.39, 0.29) is 29.8 Å². The number of hydrogen-bond acceptors (Lipinski definition) is 4. The number of benzene rings is 2. The van der Waals surface area contributed by atoms with Crippen LogP contribution >= 0.6 is 0 Å². The van der Waals surface area contributed by atoms with E-state index >= 15 is 0 Å². The van der Waals surface area contributed by atoms with Gasteiger partial charge >= 0.3 is 0 Å². The molecule has 0 unspecified atom stereocenters. The molecule has 1 heterocycles. The van der Waals surface area contributed by atoms with Crippen molar-refractivity contribution in [2.45, 2.75) is 12.8 Å². The van der Waals surface area contributed by atoms with E-state index in [0.29, 0.717) is 12.0 Å². The van der Waals surface area contributed by atoms with Crippen molar-refractivity contribution in [3.63, 3.8) is 0 Å². The van der Waals surface area contributed by atoms with E-state index in [2.05, 4.69) is 10.9 Å². The number of carbonyl (C=O) groups is 2. The Labute approximate surface area is 140 Å². The van der Waals surface area contributed by atoms with Crippen LogP contribution in [0.25, 0.3) is 10.8 Å². The first-order valence-corrected chi connectivity index (χ1v) is 9.53. The van der Waals surface area contributed by atoms with Crippen LogP contribution in [0.1, 0.15) is 23.2 Å². The van der Waals surface area contributed by atoms with Crippen molar-refractivity contribution in [2.75, 3.05) is 11.5 Å². The second-order valence-electron chi connectivity index (χ2n) is 6.04. The first kappa shape index (κ1) is 16.4. The third-order valence-electron chi connectivity index (χ3n) is 4.13. The van der Waals surface area contributed by atoms with Crippen molar-refractivity contribution < 1.29 is 18.0 Å². The van der Waals surface area contributed by atoms with Crippen LogP contribution in [-0.2, 0) is 14.6 Å². The molecule has 1 atom stereocenters. The molecule has 7 heteroatoms. The van der Waals surface area contributed by atoms with Gasteiger partial charge in [-0.2, -0.15) is 0 Å². The molecule has 6 nitrogen and oxygen atoms in total. The Morgan fingerprint density at radius 1 is 1.04 bits per heavy atom. The monoisotopic (exact) mass is 346 g/mol. The van der Waals surface area contributed by atoms with E-state index < -0.39 is 15.7 Å². The van der Waals surface area contributed by atoms with Gasteiger partial charge in [-0.25, -0.2) is 8.42 Å². The van der Waals surface area contributed by atoms with Gasteiger partial charge in [0.15, 0.2) is 9.84 Å². The maximum absolute atomic E-state index is 12.1. The van der Waals surface area contributed by atoms with Gasteiger partial charge in [-0.15, -0.1) is 0 Å². The van der Waals surface area contributed by atoms with E-state index in [9.17, 15) is 18.0 Å². The number of sulfone groups is 1. The summed E-state index contributed by atoms with van der Waals surface area (Å²) in [6, 6.07) is 13.0. The van der Waals surface area contributed by atoms with E-state index in [1.165, 1.54) is 0 Å². The minimum atomic E-state index is -3.00. The molecule has 2 aromatic carbocycles. The second-order valence-corrected chi connectivity index (χ2v) is 8.27. The van der Waals surface area contributed by atoms with Gasteiger partial charge in [0.25, 0.3) is 5.91 Å². The highest BCUT2D eigenvalue weighted by Gasteiger charge is 2.29. The number of rotatable bonds is 3. The highest BCUT2D eigenvalue weighted by atomic mass is 32.2. The quantitative estimate of drug-likeness (QED) is 0.822. The van der Waals surface area contributed by atoms with Crippen LogP contribution in [0, 0.1) is 5.92 Å². The molecule has 126 valence electrons. The lowest BCUT2D eigenvalue weighted by Gasteiger charge is -2.10. The van der Waals surface area contributed by atoms with Gasteiger partial charge in [-0.1, -0.05) is 30.3 Å². The summed E-state index contributed by atoms with van der Waals surface area (Å²) in [5.74, 6) is -0.792. The molecule has 1 fully saturated rings. The molecule has 2 N–H and O–H groups in total. The normalized spacial score (nSPS) is 19.1. The first-order chi connectivity index (χ1) is 11.4. The zero-order valence-electron chi connectivity index (χ0n) is 13.0. The van der Waals surface area contributed by atoms with Crippen molar-refractivity contribution in [1.29, 1.82) is 0 Å². The fraction of sp³-hybridized carbons (Fsp3) is 0.294. The number of hydrogen-bond donors (Lipinski definition) is 2. The molecule has 0 aromatic heterocycles. The molecule has 24 heavy (non-hydrogen) atoms. The van der Waals surface area contributed by atoms with Crippen LogP contribution < -0.4 is 10.9 Å². The fourth-order valence-electron chi connectivity index (χ4n) is 2.88. The molecule has 1 aliphatic heterocycles. The SMILES string of the molecule is O=C(C[C@H]1CCS(=O)(=O)C1)NNC(=O)c1ccc2ccccc2c1. The average Bonchev–Trinajstić information content (AvgIpc) is 2.90. The Kier molecular flexibility index (Phi) is 4.53. The molecular formula is C17H18N2O4S. The molecule has 1 saturated heterocycles. The van der Waals surface area contributed by atoms with E-state index in [0.717, 1.165) is 10.8 Å². The largest absolute Gasteiger partial charge is 0.273 e. The number of nitrogens with one attached hydrogen (secondary N) is 2. The van der Waals surface area contributed by atoms with E-state index in [4.69, 9.17) is 0 Å². The molecule has 0 radical (unpaired) electrons. The summed E-state index contributed by atoms with van der Waals surface area (Å²) in [6.07, 6.45) is 0.589. The maximum atomic E-state index is 12.1. The molecule has 0 spiro atoms. The van der Waals surface area contributed by atoms with Gasteiger partial charge in [0, 0.05) is 12.0 Å². The summed E-state index contributed by atoms with van der Waals surface area (Å²) in [5.41, 5.74) is 5.16. The highest BCUT2D eigenvalue weighted by Crippen LogP contribution is 2.21. The van der Waals surface area contributed by atoms with Gasteiger partial charge < -0.3 is 0 Å². The van der Waals surface area contributed by atoms with Crippen LogP contribution in [0.2, 0.25) is 0 Å². The third-order valence-corrected chi connectivity index (χ3v) is 5.96. The summed E-state index contributed by atoms with van der Waals surface area (Å²) in [7, 11) is -3.00. The van der Waals surface area contributed by atoms with Crippen LogP contribution in [0.4, 0.5) is 0 Å². The van der Waals surface area contributed by atoms with Gasteiger partial charge in [0.1, 0.15) is 0 Å². The predicted octanol–water partition coefficient (Wildman–Crippen LogP) is 1.43. The molecule has 0 aliphatic carbocycles. The smallest absolute Gasteiger partial charge is 0.269 e. The van der Waals surface area contributed by atoms with E-state index in [1.807, 2.05) is 30.3 Å². The minimum Gasteiger partial charge on any atom is -0.273 e. The fourth-order valence-corrected chi connectivity index (χ4v) is 4.74. The zero-order valence-corrected chi connectivity index (χ0v) is 13.8. The number of amides is 2. The Balaban J connectivity index is 1.55. The van der Waals surface area contributed by atoms with Crippen molar-refractivity contribution in [1.82, 2.24) is 10.9 Å². The van der Waals surface area contributed by atoms with Crippen LogP contribution in [0.3, 0.4) is 0 Å². The summed E-state index contributed by atoms with van der Waals surface area (Å²) in [5, 5.41) is 1.97. The van der Waals surface area contributed by atoms with Crippen molar-refractivity contribution >= 4 is 32.4 Å². The van der Waals surface area contributed by atoms with Gasteiger partial charge in [0.05, 0.1) is 11.5 Å². The molecule has 3 rings (SSSR count). The molecular weight excluding hydrogens is 328 g/mol. The Morgan fingerprint density at radius 3 is 2.50 bits per heavy atom. The summed E-state index contributed by atoms with van der Waals surface area (Å²) in [6.45, 7) is 0. The molecule has 2 aromatic rings. The number of hydrazine groups is 1. The predicted molar refractivity (Wildman–Crippen MR) is 90.9 cm³/mol. The average molecular weight is 346 g/mol. The van der Waals surface area contributed by atoms with Crippen molar-refractivity contribution in [3.05, 3.63) is 48.0 Å². The summed E-state index contributed by atoms with van der Waals surface area (Å²) < 4.78 is 22.8. The standard InChI is InChI=1S/C17H18N2O4S/c20-16(9-12-7-8-24(22,23)11-12)18-19-17(21)15-6-5-13-3-1-2-4-14(13)10-15/h1-6,10,12H,7-9,11H2,(H,18,20)(H,19,21)/t12-/m1/s1. The highest BCUT2D eigenvalue weighted by molar-refractivity contribution is 7.91. The van der Waals surface area contributed by atoms with Gasteiger partial charge in [-0.05, 0) is 35.2 Å². The Hall–Kier alpha value is -2.41. The number of carbonyl (C=O) groups excluding carboxylic acids is 2. The lowest BCUT2D eigenvalue weighted by Crippen LogP contribution is -2.42. The third kappa shape index (κ3) is 3.91. The van der Waals surface area contributed by atoms with Crippen molar-refractivity contribution in [2.24, 2.45) is 5.92 Å². The Morgan fingerprint density at radius 2 is 1.79 bits per heavy atom. The molecule has 2 amide bonds. The van der Waals surface area contributed by atoms with Crippen LogP contribution in [-0.4, -0.2) is 31.7 Å². The summed E-state index contributed by atoms with van der Waals surface area (Å²) in [4.78, 5) is 23.9. The first-order valence-electron chi connectivity index (χ1n) is 7.71. The topological polar surface area (TPSA) is 92.3 Å². The lowest BCUT2D eigenvalue weighted by molar-refractivity contribution is -0.122. The molecule has 1 aliphatic rings. The second kappa shape index (κ2) is 6.60. The lowest BCUT2D eigenvalue weighted by atomic mass is 10.1. The Bertz CT molecular complexity index is 892.